The summed E-state index contributed by atoms with van der Waals surface area (Å²) in [6, 6.07) is 11.7. The lowest BCUT2D eigenvalue weighted by molar-refractivity contribution is 0.0587. The molecule has 3 aromatic rings. The Bertz CT molecular complexity index is 839. The molecular weight excluding hydrogens is 328 g/mol. The number of piperidine rings is 1. The lowest BCUT2D eigenvalue weighted by Crippen LogP contribution is -2.41. The first-order valence-electron chi connectivity index (χ1n) is 8.75. The van der Waals surface area contributed by atoms with Gasteiger partial charge in [0.15, 0.2) is 0 Å². The van der Waals surface area contributed by atoms with E-state index in [1.807, 2.05) is 58.3 Å². The number of carbonyl (C=O) groups excluding carboxylic acids is 1. The van der Waals surface area contributed by atoms with Gasteiger partial charge in [0.2, 0.25) is 5.88 Å². The average Bonchev–Trinajstić information content (AvgIpc) is 3.24. The summed E-state index contributed by atoms with van der Waals surface area (Å²) in [4.78, 5) is 22.7. The number of ether oxygens (including phenoxy) is 1. The van der Waals surface area contributed by atoms with E-state index in [0.717, 1.165) is 18.5 Å². The van der Waals surface area contributed by atoms with Gasteiger partial charge in [0.25, 0.3) is 5.91 Å². The van der Waals surface area contributed by atoms with Crippen molar-refractivity contribution in [3.63, 3.8) is 0 Å². The van der Waals surface area contributed by atoms with Crippen LogP contribution >= 0.6 is 0 Å². The first kappa shape index (κ1) is 16.3. The summed E-state index contributed by atoms with van der Waals surface area (Å²) in [7, 11) is 0. The van der Waals surface area contributed by atoms with Crippen LogP contribution in [0.1, 0.15) is 23.2 Å². The van der Waals surface area contributed by atoms with Crippen LogP contribution in [0, 0.1) is 0 Å². The van der Waals surface area contributed by atoms with Gasteiger partial charge in [0.05, 0.1) is 6.20 Å². The molecule has 0 N–H and O–H groups in total. The Labute approximate surface area is 152 Å². The summed E-state index contributed by atoms with van der Waals surface area (Å²) in [5.41, 5.74) is 1.76. The molecule has 0 unspecified atom stereocenters. The zero-order valence-electron chi connectivity index (χ0n) is 14.4. The Morgan fingerprint density at radius 1 is 1.04 bits per heavy atom. The normalized spacial score (nSPS) is 15.0. The van der Waals surface area contributed by atoms with Crippen LogP contribution in [-0.4, -0.2) is 44.5 Å². The van der Waals surface area contributed by atoms with Crippen LogP contribution in [0.25, 0.3) is 5.69 Å². The monoisotopic (exact) mass is 348 g/mol. The van der Waals surface area contributed by atoms with Crippen molar-refractivity contribution in [1.82, 2.24) is 19.4 Å². The van der Waals surface area contributed by atoms with Crippen molar-refractivity contribution in [2.75, 3.05) is 13.1 Å². The van der Waals surface area contributed by atoms with Crippen LogP contribution in [0.5, 0.6) is 5.88 Å². The Morgan fingerprint density at radius 2 is 1.77 bits per heavy atom. The maximum absolute atomic E-state index is 12.7. The fourth-order valence-electron chi connectivity index (χ4n) is 3.16. The van der Waals surface area contributed by atoms with Crippen molar-refractivity contribution in [3.8, 4) is 11.6 Å². The molecule has 2 aromatic heterocycles. The molecule has 0 aliphatic carbocycles. The van der Waals surface area contributed by atoms with Gasteiger partial charge >= 0.3 is 0 Å². The van der Waals surface area contributed by atoms with E-state index in [0.29, 0.717) is 24.5 Å². The van der Waals surface area contributed by atoms with Crippen molar-refractivity contribution in [1.29, 1.82) is 0 Å². The molecule has 4 rings (SSSR count). The first-order valence-corrected chi connectivity index (χ1v) is 8.75. The number of rotatable bonds is 4. The highest BCUT2D eigenvalue weighted by Gasteiger charge is 2.25. The molecule has 6 heteroatoms. The molecule has 0 bridgehead atoms. The SMILES string of the molecule is O=C(c1ccc(-n2cccc2)cc1)N1CCC(Oc2cnccn2)CC1. The summed E-state index contributed by atoms with van der Waals surface area (Å²) < 4.78 is 7.85. The standard InChI is InChI=1S/C20H20N4O2/c25-20(16-3-5-17(6-4-16)23-11-1-2-12-23)24-13-7-18(8-14-24)26-19-15-21-9-10-22-19/h1-6,9-12,15,18H,7-8,13-14H2. The number of carbonyl (C=O) groups is 1. The number of hydrogen-bond acceptors (Lipinski definition) is 4. The minimum Gasteiger partial charge on any atom is -0.473 e. The highest BCUT2D eigenvalue weighted by Crippen LogP contribution is 2.19. The van der Waals surface area contributed by atoms with Crippen LogP contribution < -0.4 is 4.74 Å². The molecule has 0 radical (unpaired) electrons. The number of aromatic nitrogens is 3. The lowest BCUT2D eigenvalue weighted by Gasteiger charge is -2.32. The van der Waals surface area contributed by atoms with Crippen molar-refractivity contribution in [2.45, 2.75) is 18.9 Å². The van der Waals surface area contributed by atoms with Crippen LogP contribution in [0.4, 0.5) is 0 Å². The molecule has 0 spiro atoms. The van der Waals surface area contributed by atoms with E-state index in [1.54, 1.807) is 18.6 Å². The number of likely N-dealkylation sites (tertiary alicyclic amines) is 1. The van der Waals surface area contributed by atoms with Gasteiger partial charge in [0.1, 0.15) is 6.10 Å². The Kier molecular flexibility index (Phi) is 4.64. The molecule has 6 nitrogen and oxygen atoms in total. The molecule has 1 aromatic carbocycles. The average molecular weight is 348 g/mol. The van der Waals surface area contributed by atoms with Crippen LogP contribution in [0.3, 0.4) is 0 Å². The van der Waals surface area contributed by atoms with Crippen molar-refractivity contribution in [2.24, 2.45) is 0 Å². The minimum absolute atomic E-state index is 0.0713. The second-order valence-electron chi connectivity index (χ2n) is 6.29. The summed E-state index contributed by atoms with van der Waals surface area (Å²) in [5, 5.41) is 0. The zero-order chi connectivity index (χ0) is 17.8. The summed E-state index contributed by atoms with van der Waals surface area (Å²) >= 11 is 0. The fourth-order valence-corrected chi connectivity index (χ4v) is 3.16. The molecule has 26 heavy (non-hydrogen) atoms. The second-order valence-corrected chi connectivity index (χ2v) is 6.29. The van der Waals surface area contributed by atoms with E-state index in [2.05, 4.69) is 9.97 Å². The fraction of sp³-hybridized carbons (Fsp3) is 0.250. The predicted octanol–water partition coefficient (Wildman–Crippen LogP) is 2.95. The van der Waals surface area contributed by atoms with E-state index in [9.17, 15) is 4.79 Å². The minimum atomic E-state index is 0.0713. The van der Waals surface area contributed by atoms with Gasteiger partial charge in [-0.3, -0.25) is 9.78 Å². The van der Waals surface area contributed by atoms with Crippen LogP contribution in [-0.2, 0) is 0 Å². The summed E-state index contributed by atoms with van der Waals surface area (Å²) in [6.07, 6.45) is 10.5. The number of benzene rings is 1. The molecular formula is C20H20N4O2. The Hall–Kier alpha value is -3.15. The van der Waals surface area contributed by atoms with Crippen molar-refractivity contribution < 1.29 is 9.53 Å². The van der Waals surface area contributed by atoms with Gasteiger partial charge in [0, 0.05) is 62.0 Å². The van der Waals surface area contributed by atoms with E-state index in [-0.39, 0.29) is 12.0 Å². The lowest BCUT2D eigenvalue weighted by atomic mass is 10.1. The van der Waals surface area contributed by atoms with Gasteiger partial charge in [-0.2, -0.15) is 0 Å². The molecule has 132 valence electrons. The van der Waals surface area contributed by atoms with Crippen LogP contribution in [0.15, 0.2) is 67.4 Å². The maximum Gasteiger partial charge on any atom is 0.253 e. The molecule has 3 heterocycles. The molecule has 1 amide bonds. The van der Waals surface area contributed by atoms with E-state index >= 15 is 0 Å². The Balaban J connectivity index is 1.34. The van der Waals surface area contributed by atoms with E-state index < -0.39 is 0 Å². The smallest absolute Gasteiger partial charge is 0.253 e. The molecule has 1 aliphatic rings. The Morgan fingerprint density at radius 3 is 2.42 bits per heavy atom. The van der Waals surface area contributed by atoms with E-state index in [1.165, 1.54) is 0 Å². The van der Waals surface area contributed by atoms with Gasteiger partial charge in [-0.15, -0.1) is 0 Å². The molecule has 1 saturated heterocycles. The highest BCUT2D eigenvalue weighted by atomic mass is 16.5. The largest absolute Gasteiger partial charge is 0.473 e. The zero-order valence-corrected chi connectivity index (χ0v) is 14.4. The third-order valence-corrected chi connectivity index (χ3v) is 4.57. The summed E-state index contributed by atoms with van der Waals surface area (Å²) in [5.74, 6) is 0.611. The van der Waals surface area contributed by atoms with Gasteiger partial charge < -0.3 is 14.2 Å². The third kappa shape index (κ3) is 3.59. The predicted molar refractivity (Wildman–Crippen MR) is 97.4 cm³/mol. The number of hydrogen-bond donors (Lipinski definition) is 0. The third-order valence-electron chi connectivity index (χ3n) is 4.57. The first-order chi connectivity index (χ1) is 12.8. The van der Waals surface area contributed by atoms with Gasteiger partial charge in [-0.1, -0.05) is 0 Å². The van der Waals surface area contributed by atoms with Crippen LogP contribution in [0.2, 0.25) is 0 Å². The molecule has 0 saturated carbocycles. The number of nitrogens with zero attached hydrogens (tertiary/aromatic N) is 4. The maximum atomic E-state index is 12.7. The molecule has 0 atom stereocenters. The van der Waals surface area contributed by atoms with Gasteiger partial charge in [-0.05, 0) is 36.4 Å². The highest BCUT2D eigenvalue weighted by molar-refractivity contribution is 5.94. The second kappa shape index (κ2) is 7.39. The van der Waals surface area contributed by atoms with Crippen molar-refractivity contribution in [3.05, 3.63) is 72.9 Å². The van der Waals surface area contributed by atoms with E-state index in [4.69, 9.17) is 4.74 Å². The molecule has 1 aliphatic heterocycles. The van der Waals surface area contributed by atoms with Crippen molar-refractivity contribution >= 4 is 5.91 Å². The topological polar surface area (TPSA) is 60.2 Å². The quantitative estimate of drug-likeness (QED) is 0.727. The summed E-state index contributed by atoms with van der Waals surface area (Å²) in [6.45, 7) is 1.37. The van der Waals surface area contributed by atoms with Gasteiger partial charge in [-0.25, -0.2) is 4.98 Å². The molecule has 1 fully saturated rings. The number of amides is 1.